The van der Waals surface area contributed by atoms with Gasteiger partial charge < -0.3 is 5.32 Å². The van der Waals surface area contributed by atoms with E-state index < -0.39 is 0 Å². The standard InChI is InChI=1S/C16H30ClNO/c1-16(2,3)11-14(17)12-18-15(19)10-9-13-7-5-4-6-8-13/h13-14H,4-12H2,1-3H3,(H,18,19). The zero-order chi connectivity index (χ0) is 14.3. The van der Waals surface area contributed by atoms with Crippen LogP contribution in [0.3, 0.4) is 0 Å². The van der Waals surface area contributed by atoms with Gasteiger partial charge in [-0.15, -0.1) is 11.6 Å². The summed E-state index contributed by atoms with van der Waals surface area (Å²) in [6.45, 7) is 7.12. The van der Waals surface area contributed by atoms with Crippen molar-refractivity contribution < 1.29 is 4.79 Å². The molecule has 0 heterocycles. The third kappa shape index (κ3) is 8.52. The van der Waals surface area contributed by atoms with Crippen molar-refractivity contribution in [1.82, 2.24) is 5.32 Å². The summed E-state index contributed by atoms with van der Waals surface area (Å²) in [6.07, 6.45) is 9.36. The second kappa shape index (κ2) is 8.14. The van der Waals surface area contributed by atoms with Crippen molar-refractivity contribution in [2.75, 3.05) is 6.54 Å². The van der Waals surface area contributed by atoms with Gasteiger partial charge in [0.05, 0.1) is 5.38 Å². The normalized spacial score (nSPS) is 19.2. The smallest absolute Gasteiger partial charge is 0.220 e. The van der Waals surface area contributed by atoms with Crippen LogP contribution < -0.4 is 5.32 Å². The van der Waals surface area contributed by atoms with Crippen molar-refractivity contribution in [1.29, 1.82) is 0 Å². The minimum absolute atomic E-state index is 0.0404. The van der Waals surface area contributed by atoms with Gasteiger partial charge in [0.2, 0.25) is 5.91 Å². The zero-order valence-corrected chi connectivity index (χ0v) is 13.6. The van der Waals surface area contributed by atoms with E-state index in [2.05, 4.69) is 26.1 Å². The molecule has 1 N–H and O–H groups in total. The Labute approximate surface area is 123 Å². The fourth-order valence-corrected chi connectivity index (χ4v) is 3.40. The van der Waals surface area contributed by atoms with E-state index in [0.29, 0.717) is 13.0 Å². The van der Waals surface area contributed by atoms with Crippen LogP contribution in [-0.4, -0.2) is 17.8 Å². The molecular formula is C16H30ClNO. The van der Waals surface area contributed by atoms with Gasteiger partial charge >= 0.3 is 0 Å². The Morgan fingerprint density at radius 2 is 1.89 bits per heavy atom. The van der Waals surface area contributed by atoms with Gasteiger partial charge in [-0.25, -0.2) is 0 Å². The maximum absolute atomic E-state index is 11.8. The van der Waals surface area contributed by atoms with E-state index in [1.165, 1.54) is 32.1 Å². The average molecular weight is 288 g/mol. The Hall–Kier alpha value is -0.240. The molecule has 3 heteroatoms. The summed E-state index contributed by atoms with van der Waals surface area (Å²) >= 11 is 6.24. The lowest BCUT2D eigenvalue weighted by Crippen LogP contribution is -2.31. The Morgan fingerprint density at radius 1 is 1.26 bits per heavy atom. The van der Waals surface area contributed by atoms with Crippen LogP contribution in [0.5, 0.6) is 0 Å². The van der Waals surface area contributed by atoms with Gasteiger partial charge in [-0.05, 0) is 24.2 Å². The topological polar surface area (TPSA) is 29.1 Å². The summed E-state index contributed by atoms with van der Waals surface area (Å²) in [5, 5.41) is 3.01. The fourth-order valence-electron chi connectivity index (χ4n) is 2.86. The van der Waals surface area contributed by atoms with E-state index in [1.54, 1.807) is 0 Å². The second-order valence-electron chi connectivity index (χ2n) is 7.21. The molecule has 112 valence electrons. The predicted octanol–water partition coefficient (Wildman–Crippen LogP) is 4.51. The molecule has 1 amide bonds. The van der Waals surface area contributed by atoms with Crippen LogP contribution in [0.2, 0.25) is 0 Å². The molecule has 1 saturated carbocycles. The van der Waals surface area contributed by atoms with Crippen molar-refractivity contribution in [3.63, 3.8) is 0 Å². The minimum Gasteiger partial charge on any atom is -0.355 e. The number of rotatable bonds is 6. The Balaban J connectivity index is 2.10. The largest absolute Gasteiger partial charge is 0.355 e. The summed E-state index contributed by atoms with van der Waals surface area (Å²) in [6, 6.07) is 0. The van der Waals surface area contributed by atoms with Crippen molar-refractivity contribution in [2.45, 2.75) is 77.5 Å². The summed E-state index contributed by atoms with van der Waals surface area (Å²) in [5.74, 6) is 0.950. The van der Waals surface area contributed by atoms with Gasteiger partial charge in [0.1, 0.15) is 0 Å². The predicted molar refractivity (Wildman–Crippen MR) is 82.5 cm³/mol. The molecule has 0 spiro atoms. The molecule has 0 saturated heterocycles. The lowest BCUT2D eigenvalue weighted by molar-refractivity contribution is -0.121. The molecule has 1 rings (SSSR count). The van der Waals surface area contributed by atoms with Gasteiger partial charge in [0, 0.05) is 13.0 Å². The van der Waals surface area contributed by atoms with Crippen LogP contribution in [0, 0.1) is 11.3 Å². The number of alkyl halides is 1. The number of hydrogen-bond donors (Lipinski definition) is 1. The first-order chi connectivity index (χ1) is 8.87. The molecule has 0 bridgehead atoms. The molecule has 1 aliphatic rings. The highest BCUT2D eigenvalue weighted by Gasteiger charge is 2.18. The van der Waals surface area contributed by atoms with Crippen LogP contribution in [0.4, 0.5) is 0 Å². The maximum Gasteiger partial charge on any atom is 0.220 e. The maximum atomic E-state index is 11.8. The first-order valence-corrected chi connectivity index (χ1v) is 8.21. The van der Waals surface area contributed by atoms with Gasteiger partial charge in [-0.1, -0.05) is 52.9 Å². The van der Waals surface area contributed by atoms with Crippen molar-refractivity contribution in [2.24, 2.45) is 11.3 Å². The molecule has 0 aromatic heterocycles. The van der Waals surface area contributed by atoms with Crippen LogP contribution in [0.1, 0.15) is 72.1 Å². The average Bonchev–Trinajstić information content (AvgIpc) is 2.33. The molecule has 1 aliphatic carbocycles. The monoisotopic (exact) mass is 287 g/mol. The Morgan fingerprint density at radius 3 is 2.47 bits per heavy atom. The van der Waals surface area contributed by atoms with Crippen molar-refractivity contribution in [3.8, 4) is 0 Å². The quantitative estimate of drug-likeness (QED) is 0.716. The number of carbonyl (C=O) groups is 1. The number of hydrogen-bond acceptors (Lipinski definition) is 1. The van der Waals surface area contributed by atoms with E-state index in [1.807, 2.05) is 0 Å². The summed E-state index contributed by atoms with van der Waals surface area (Å²) < 4.78 is 0. The van der Waals surface area contributed by atoms with Crippen molar-refractivity contribution >= 4 is 17.5 Å². The van der Waals surface area contributed by atoms with Crippen LogP contribution in [0.15, 0.2) is 0 Å². The van der Waals surface area contributed by atoms with Gasteiger partial charge in [0.15, 0.2) is 0 Å². The Bertz CT molecular complexity index is 266. The molecule has 0 aromatic carbocycles. The molecule has 19 heavy (non-hydrogen) atoms. The summed E-state index contributed by atoms with van der Waals surface area (Å²) in [5.41, 5.74) is 0.221. The van der Waals surface area contributed by atoms with Crippen molar-refractivity contribution in [3.05, 3.63) is 0 Å². The van der Waals surface area contributed by atoms with Gasteiger partial charge in [-0.3, -0.25) is 4.79 Å². The van der Waals surface area contributed by atoms with Gasteiger partial charge in [-0.2, -0.15) is 0 Å². The van der Waals surface area contributed by atoms with E-state index >= 15 is 0 Å². The molecule has 1 unspecified atom stereocenters. The van der Waals surface area contributed by atoms with E-state index in [0.717, 1.165) is 18.8 Å². The molecule has 0 aromatic rings. The molecular weight excluding hydrogens is 258 g/mol. The first-order valence-electron chi connectivity index (χ1n) is 7.77. The molecule has 1 fully saturated rings. The fraction of sp³-hybridized carbons (Fsp3) is 0.938. The lowest BCUT2D eigenvalue weighted by atomic mass is 9.86. The zero-order valence-electron chi connectivity index (χ0n) is 12.8. The van der Waals surface area contributed by atoms with Crippen LogP contribution in [-0.2, 0) is 4.79 Å². The molecule has 0 aliphatic heterocycles. The number of amides is 1. The van der Waals surface area contributed by atoms with Crippen LogP contribution in [0.25, 0.3) is 0 Å². The van der Waals surface area contributed by atoms with Gasteiger partial charge in [0.25, 0.3) is 0 Å². The lowest BCUT2D eigenvalue weighted by Gasteiger charge is -2.23. The molecule has 2 nitrogen and oxygen atoms in total. The molecule has 1 atom stereocenters. The van der Waals surface area contributed by atoms with Crippen LogP contribution >= 0.6 is 11.6 Å². The Kier molecular flexibility index (Phi) is 7.20. The van der Waals surface area contributed by atoms with E-state index in [4.69, 9.17) is 11.6 Å². The number of halogens is 1. The second-order valence-corrected chi connectivity index (χ2v) is 7.83. The van der Waals surface area contributed by atoms with E-state index in [9.17, 15) is 4.79 Å². The first kappa shape index (κ1) is 16.8. The third-order valence-electron chi connectivity index (χ3n) is 3.86. The highest BCUT2D eigenvalue weighted by atomic mass is 35.5. The third-order valence-corrected chi connectivity index (χ3v) is 4.17. The highest BCUT2D eigenvalue weighted by molar-refractivity contribution is 6.20. The highest BCUT2D eigenvalue weighted by Crippen LogP contribution is 2.27. The summed E-state index contributed by atoms with van der Waals surface area (Å²) in [4.78, 5) is 11.8. The summed E-state index contributed by atoms with van der Waals surface area (Å²) in [7, 11) is 0. The minimum atomic E-state index is 0.0404. The number of carbonyl (C=O) groups excluding carboxylic acids is 1. The van der Waals surface area contributed by atoms with E-state index in [-0.39, 0.29) is 16.7 Å². The number of nitrogens with one attached hydrogen (secondary N) is 1. The SMILES string of the molecule is CC(C)(C)CC(Cl)CNC(=O)CCC1CCCCC1. The molecule has 0 radical (unpaired) electrons.